The molecule has 2 rings (SSSR count). The number of nitrogens with one attached hydrogen (secondary N) is 2. The summed E-state index contributed by atoms with van der Waals surface area (Å²) in [6, 6.07) is 9.02. The Morgan fingerprint density at radius 2 is 2.10 bits per heavy atom. The zero-order chi connectivity index (χ0) is 15.1. The monoisotopic (exact) mass is 287 g/mol. The van der Waals surface area contributed by atoms with Gasteiger partial charge in [-0.2, -0.15) is 0 Å². The van der Waals surface area contributed by atoms with Crippen LogP contribution in [-0.2, 0) is 0 Å². The van der Waals surface area contributed by atoms with E-state index in [9.17, 15) is 9.59 Å². The summed E-state index contributed by atoms with van der Waals surface area (Å²) in [5.41, 5.74) is 0.689. The zero-order valence-corrected chi connectivity index (χ0v) is 12.0. The second-order valence-electron chi connectivity index (χ2n) is 5.10. The van der Waals surface area contributed by atoms with Crippen LogP contribution in [0.15, 0.2) is 43.0 Å². The van der Waals surface area contributed by atoms with Crippen LogP contribution in [0.5, 0.6) is 0 Å². The van der Waals surface area contributed by atoms with Gasteiger partial charge in [-0.25, -0.2) is 4.79 Å². The standard InChI is InChI=1S/C16H21N3O2/c1-2-10-17-16(21)18-14-9-6-11-19(12-14)15(20)13-7-4-3-5-8-13/h2-5,7-8,14H,1,6,9-12H2,(H2,17,18,21). The molecule has 0 radical (unpaired) electrons. The number of rotatable bonds is 4. The van der Waals surface area contributed by atoms with Gasteiger partial charge in [-0.3, -0.25) is 4.79 Å². The van der Waals surface area contributed by atoms with Crippen LogP contribution >= 0.6 is 0 Å². The third-order valence-corrected chi connectivity index (χ3v) is 3.47. The van der Waals surface area contributed by atoms with E-state index in [0.717, 1.165) is 19.4 Å². The molecule has 1 fully saturated rings. The van der Waals surface area contributed by atoms with Crippen molar-refractivity contribution in [2.75, 3.05) is 19.6 Å². The number of hydrogen-bond donors (Lipinski definition) is 2. The molecule has 0 aliphatic carbocycles. The summed E-state index contributed by atoms with van der Waals surface area (Å²) in [5.74, 6) is 0.0219. The molecule has 1 aromatic carbocycles. The van der Waals surface area contributed by atoms with Gasteiger partial charge < -0.3 is 15.5 Å². The molecule has 2 N–H and O–H groups in total. The van der Waals surface area contributed by atoms with Gasteiger partial charge in [0.05, 0.1) is 0 Å². The predicted octanol–water partition coefficient (Wildman–Crippen LogP) is 1.78. The van der Waals surface area contributed by atoms with Gasteiger partial charge in [-0.15, -0.1) is 6.58 Å². The van der Waals surface area contributed by atoms with Crippen LogP contribution in [0.4, 0.5) is 4.79 Å². The van der Waals surface area contributed by atoms with Crippen molar-refractivity contribution in [3.8, 4) is 0 Å². The predicted molar refractivity (Wildman–Crippen MR) is 82.1 cm³/mol. The summed E-state index contributed by atoms with van der Waals surface area (Å²) in [6.45, 7) is 5.28. The van der Waals surface area contributed by atoms with Crippen LogP contribution < -0.4 is 10.6 Å². The van der Waals surface area contributed by atoms with Crippen molar-refractivity contribution in [2.24, 2.45) is 0 Å². The Balaban J connectivity index is 1.90. The quantitative estimate of drug-likeness (QED) is 0.829. The van der Waals surface area contributed by atoms with Crippen molar-refractivity contribution >= 4 is 11.9 Å². The fourth-order valence-corrected chi connectivity index (χ4v) is 2.44. The van der Waals surface area contributed by atoms with E-state index in [0.29, 0.717) is 18.7 Å². The Kier molecular flexibility index (Phi) is 5.37. The third kappa shape index (κ3) is 4.34. The Morgan fingerprint density at radius 1 is 1.33 bits per heavy atom. The summed E-state index contributed by atoms with van der Waals surface area (Å²) in [7, 11) is 0. The molecular weight excluding hydrogens is 266 g/mol. The van der Waals surface area contributed by atoms with Gasteiger partial charge >= 0.3 is 6.03 Å². The second-order valence-corrected chi connectivity index (χ2v) is 5.10. The van der Waals surface area contributed by atoms with Gasteiger partial charge in [-0.1, -0.05) is 24.3 Å². The minimum absolute atomic E-state index is 0.00349. The van der Waals surface area contributed by atoms with Gasteiger partial charge in [0.15, 0.2) is 0 Å². The Labute approximate surface area is 125 Å². The maximum Gasteiger partial charge on any atom is 0.315 e. The van der Waals surface area contributed by atoms with Gasteiger partial charge in [0.2, 0.25) is 0 Å². The Bertz CT molecular complexity index is 502. The highest BCUT2D eigenvalue weighted by molar-refractivity contribution is 5.94. The number of carbonyl (C=O) groups is 2. The number of urea groups is 1. The molecule has 5 nitrogen and oxygen atoms in total. The van der Waals surface area contributed by atoms with E-state index in [1.54, 1.807) is 11.0 Å². The van der Waals surface area contributed by atoms with Gasteiger partial charge in [0.1, 0.15) is 0 Å². The largest absolute Gasteiger partial charge is 0.337 e. The maximum atomic E-state index is 12.4. The Morgan fingerprint density at radius 3 is 2.81 bits per heavy atom. The summed E-state index contributed by atoms with van der Waals surface area (Å²) in [4.78, 5) is 25.8. The minimum Gasteiger partial charge on any atom is -0.337 e. The van der Waals surface area contributed by atoms with Crippen LogP contribution in [-0.4, -0.2) is 42.5 Å². The molecule has 1 aliphatic rings. The number of likely N-dealkylation sites (tertiary alicyclic amines) is 1. The molecule has 1 saturated heterocycles. The van der Waals surface area contributed by atoms with Crippen molar-refractivity contribution in [2.45, 2.75) is 18.9 Å². The normalized spacial score (nSPS) is 17.9. The summed E-state index contributed by atoms with van der Waals surface area (Å²) in [6.07, 6.45) is 3.41. The summed E-state index contributed by atoms with van der Waals surface area (Å²) in [5, 5.41) is 5.58. The molecule has 0 saturated carbocycles. The first-order valence-electron chi connectivity index (χ1n) is 7.20. The van der Waals surface area contributed by atoms with E-state index >= 15 is 0 Å². The highest BCUT2D eigenvalue weighted by Gasteiger charge is 2.25. The van der Waals surface area contributed by atoms with E-state index < -0.39 is 0 Å². The smallest absolute Gasteiger partial charge is 0.315 e. The lowest BCUT2D eigenvalue weighted by Crippen LogP contribution is -2.51. The molecule has 5 heteroatoms. The topological polar surface area (TPSA) is 61.4 Å². The molecule has 3 amide bonds. The van der Waals surface area contributed by atoms with E-state index in [2.05, 4.69) is 17.2 Å². The van der Waals surface area contributed by atoms with Crippen molar-refractivity contribution in [1.29, 1.82) is 0 Å². The average molecular weight is 287 g/mol. The van der Waals surface area contributed by atoms with E-state index in [-0.39, 0.29) is 18.0 Å². The number of nitrogens with zero attached hydrogens (tertiary/aromatic N) is 1. The second kappa shape index (κ2) is 7.47. The molecule has 0 aromatic heterocycles. The van der Waals surface area contributed by atoms with Crippen LogP contribution in [0.1, 0.15) is 23.2 Å². The fraction of sp³-hybridized carbons (Fsp3) is 0.375. The van der Waals surface area contributed by atoms with Crippen LogP contribution in [0.25, 0.3) is 0 Å². The number of benzene rings is 1. The molecule has 1 unspecified atom stereocenters. The zero-order valence-electron chi connectivity index (χ0n) is 12.0. The Hall–Kier alpha value is -2.30. The summed E-state index contributed by atoms with van der Waals surface area (Å²) >= 11 is 0. The average Bonchev–Trinajstić information content (AvgIpc) is 2.53. The molecule has 21 heavy (non-hydrogen) atoms. The van der Waals surface area contributed by atoms with Crippen molar-refractivity contribution < 1.29 is 9.59 Å². The first kappa shape index (κ1) is 15.1. The first-order chi connectivity index (χ1) is 10.2. The van der Waals surface area contributed by atoms with E-state index in [1.807, 2.05) is 30.3 Å². The maximum absolute atomic E-state index is 12.4. The summed E-state index contributed by atoms with van der Waals surface area (Å²) < 4.78 is 0. The molecule has 1 aliphatic heterocycles. The number of carbonyl (C=O) groups excluding carboxylic acids is 2. The third-order valence-electron chi connectivity index (χ3n) is 3.47. The van der Waals surface area contributed by atoms with Crippen molar-refractivity contribution in [3.05, 3.63) is 48.6 Å². The van der Waals surface area contributed by atoms with Gasteiger partial charge in [0.25, 0.3) is 5.91 Å². The number of hydrogen-bond acceptors (Lipinski definition) is 2. The van der Waals surface area contributed by atoms with Crippen molar-refractivity contribution in [3.63, 3.8) is 0 Å². The molecule has 0 spiro atoms. The SMILES string of the molecule is C=CCNC(=O)NC1CCCN(C(=O)c2ccccc2)C1. The van der Waals surface area contributed by atoms with Crippen LogP contribution in [0.2, 0.25) is 0 Å². The molecule has 1 heterocycles. The van der Waals surface area contributed by atoms with Crippen molar-refractivity contribution in [1.82, 2.24) is 15.5 Å². The van der Waals surface area contributed by atoms with Crippen LogP contribution in [0.3, 0.4) is 0 Å². The molecular formula is C16H21N3O2. The number of piperidine rings is 1. The van der Waals surface area contributed by atoms with E-state index in [1.165, 1.54) is 0 Å². The first-order valence-corrected chi connectivity index (χ1v) is 7.20. The molecule has 1 atom stereocenters. The molecule has 0 bridgehead atoms. The van der Waals surface area contributed by atoms with E-state index in [4.69, 9.17) is 0 Å². The molecule has 112 valence electrons. The molecule has 1 aromatic rings. The lowest BCUT2D eigenvalue weighted by atomic mass is 10.0. The lowest BCUT2D eigenvalue weighted by molar-refractivity contribution is 0.0697. The van der Waals surface area contributed by atoms with Gasteiger partial charge in [0, 0.05) is 31.2 Å². The number of amides is 3. The minimum atomic E-state index is -0.214. The highest BCUT2D eigenvalue weighted by atomic mass is 16.2. The lowest BCUT2D eigenvalue weighted by Gasteiger charge is -2.33. The fourth-order valence-electron chi connectivity index (χ4n) is 2.44. The van der Waals surface area contributed by atoms with Gasteiger partial charge in [-0.05, 0) is 25.0 Å². The highest BCUT2D eigenvalue weighted by Crippen LogP contribution is 2.13. The van der Waals surface area contributed by atoms with Crippen LogP contribution in [0, 0.1) is 0 Å².